The molecule has 0 aromatic heterocycles. The number of aliphatic carboxylic acids is 1. The number of halogens is 3. The van der Waals surface area contributed by atoms with Gasteiger partial charge in [0, 0.05) is 20.2 Å². The van der Waals surface area contributed by atoms with Gasteiger partial charge in [-0.1, -0.05) is 0 Å². The van der Waals surface area contributed by atoms with Crippen LogP contribution in [0.2, 0.25) is 0 Å². The molecule has 1 saturated heterocycles. The van der Waals surface area contributed by atoms with E-state index in [1.54, 1.807) is 0 Å². The number of nitrogens with zero attached hydrogens (tertiary/aromatic N) is 1. The molecule has 22 heavy (non-hydrogen) atoms. The minimum atomic E-state index is -4.64. The number of carboxylic acids is 1. The number of hydrogen-bond donors (Lipinski definition) is 2. The largest absolute Gasteiger partial charge is 0.481 e. The third-order valence-corrected chi connectivity index (χ3v) is 4.19. The maximum Gasteiger partial charge on any atom is 0.394 e. The van der Waals surface area contributed by atoms with Gasteiger partial charge < -0.3 is 20.1 Å². The first-order valence-corrected chi connectivity index (χ1v) is 7.08. The van der Waals surface area contributed by atoms with Crippen LogP contribution in [0.15, 0.2) is 0 Å². The van der Waals surface area contributed by atoms with Crippen LogP contribution in [0.25, 0.3) is 0 Å². The number of nitrogens with one attached hydrogen (secondary N) is 1. The third kappa shape index (κ3) is 3.82. The zero-order valence-electron chi connectivity index (χ0n) is 12.1. The highest BCUT2D eigenvalue weighted by Crippen LogP contribution is 2.38. The Labute approximate surface area is 125 Å². The Balaban J connectivity index is 2.00. The molecular weight excluding hydrogens is 305 g/mol. The van der Waals surface area contributed by atoms with Crippen LogP contribution in [0.3, 0.4) is 0 Å². The summed E-state index contributed by atoms with van der Waals surface area (Å²) in [5.41, 5.74) is 0. The van der Waals surface area contributed by atoms with E-state index in [1.165, 1.54) is 7.11 Å². The summed E-state index contributed by atoms with van der Waals surface area (Å²) in [6.07, 6.45) is -2.75. The molecule has 1 heterocycles. The molecule has 6 nitrogen and oxygen atoms in total. The van der Waals surface area contributed by atoms with Gasteiger partial charge >= 0.3 is 18.2 Å². The van der Waals surface area contributed by atoms with Crippen LogP contribution in [0, 0.1) is 17.8 Å². The molecular formula is C13H19F3N2O4. The van der Waals surface area contributed by atoms with Gasteiger partial charge in [0.2, 0.25) is 0 Å². The zero-order chi connectivity index (χ0) is 16.5. The highest BCUT2D eigenvalue weighted by molar-refractivity contribution is 5.78. The lowest BCUT2D eigenvalue weighted by Crippen LogP contribution is -2.47. The Hall–Kier alpha value is -1.51. The van der Waals surface area contributed by atoms with Gasteiger partial charge in [-0.3, -0.25) is 4.79 Å². The van der Waals surface area contributed by atoms with Crippen molar-refractivity contribution in [3.63, 3.8) is 0 Å². The molecule has 2 N–H and O–H groups in total. The number of urea groups is 1. The summed E-state index contributed by atoms with van der Waals surface area (Å²) in [4.78, 5) is 24.0. The summed E-state index contributed by atoms with van der Waals surface area (Å²) in [6.45, 7) is -0.776. The first kappa shape index (κ1) is 16.9. The van der Waals surface area contributed by atoms with Gasteiger partial charge in [0.25, 0.3) is 0 Å². The predicted molar refractivity (Wildman–Crippen MR) is 69.2 cm³/mol. The summed E-state index contributed by atoms with van der Waals surface area (Å²) in [7, 11) is 1.48. The Bertz CT molecular complexity index is 439. The second kappa shape index (κ2) is 6.31. The van der Waals surface area contributed by atoms with Gasteiger partial charge in [-0.25, -0.2) is 4.79 Å². The van der Waals surface area contributed by atoms with Crippen LogP contribution < -0.4 is 5.32 Å². The van der Waals surface area contributed by atoms with Crippen molar-refractivity contribution >= 4 is 12.0 Å². The molecule has 0 spiro atoms. The van der Waals surface area contributed by atoms with E-state index in [-0.39, 0.29) is 18.6 Å². The summed E-state index contributed by atoms with van der Waals surface area (Å²) in [6, 6.07) is -0.905. The molecule has 0 bridgehead atoms. The molecule has 1 unspecified atom stereocenters. The van der Waals surface area contributed by atoms with E-state index < -0.39 is 43.1 Å². The molecule has 2 amide bonds. The summed E-state index contributed by atoms with van der Waals surface area (Å²) < 4.78 is 43.7. The molecule has 0 radical (unpaired) electrons. The van der Waals surface area contributed by atoms with Crippen molar-refractivity contribution in [2.24, 2.45) is 17.8 Å². The number of amides is 2. The van der Waals surface area contributed by atoms with E-state index in [1.807, 2.05) is 0 Å². The minimum Gasteiger partial charge on any atom is -0.481 e. The van der Waals surface area contributed by atoms with Gasteiger partial charge in [0.1, 0.15) is 0 Å². The summed E-state index contributed by atoms with van der Waals surface area (Å²) in [5.74, 6) is -4.90. The zero-order valence-corrected chi connectivity index (χ0v) is 12.1. The average molecular weight is 324 g/mol. The van der Waals surface area contributed by atoms with Crippen molar-refractivity contribution in [2.75, 3.05) is 26.8 Å². The topological polar surface area (TPSA) is 78.9 Å². The quantitative estimate of drug-likeness (QED) is 0.799. The van der Waals surface area contributed by atoms with Crippen LogP contribution in [0.5, 0.6) is 0 Å². The maximum absolute atomic E-state index is 12.9. The van der Waals surface area contributed by atoms with Crippen molar-refractivity contribution in [2.45, 2.75) is 25.1 Å². The lowest BCUT2D eigenvalue weighted by molar-refractivity contribution is -0.187. The van der Waals surface area contributed by atoms with Crippen molar-refractivity contribution in [1.82, 2.24) is 10.2 Å². The molecule has 9 heteroatoms. The number of likely N-dealkylation sites (tertiary alicyclic amines) is 1. The average Bonchev–Trinajstić information content (AvgIpc) is 3.13. The predicted octanol–water partition coefficient (Wildman–Crippen LogP) is 1.32. The second-order valence-electron chi connectivity index (χ2n) is 5.85. The third-order valence-electron chi connectivity index (χ3n) is 4.19. The molecule has 2 fully saturated rings. The molecule has 1 aliphatic heterocycles. The van der Waals surface area contributed by atoms with Crippen LogP contribution in [0.1, 0.15) is 12.8 Å². The van der Waals surface area contributed by atoms with E-state index in [2.05, 4.69) is 5.32 Å². The van der Waals surface area contributed by atoms with Crippen LogP contribution in [-0.4, -0.2) is 61.0 Å². The fraction of sp³-hybridized carbons (Fsp3) is 0.846. The first-order chi connectivity index (χ1) is 10.2. The lowest BCUT2D eigenvalue weighted by Gasteiger charge is -2.23. The van der Waals surface area contributed by atoms with Crippen molar-refractivity contribution in [3.05, 3.63) is 0 Å². The molecule has 1 aliphatic carbocycles. The van der Waals surface area contributed by atoms with Crippen molar-refractivity contribution in [1.29, 1.82) is 0 Å². The highest BCUT2D eigenvalue weighted by Gasteiger charge is 2.53. The minimum absolute atomic E-state index is 0.245. The monoisotopic (exact) mass is 324 g/mol. The number of carboxylic acid groups (broad SMARTS) is 1. The number of rotatable bonds is 5. The molecule has 2 aliphatic rings. The van der Waals surface area contributed by atoms with Gasteiger partial charge in [0.15, 0.2) is 0 Å². The van der Waals surface area contributed by atoms with Gasteiger partial charge in [-0.2, -0.15) is 13.2 Å². The smallest absolute Gasteiger partial charge is 0.394 e. The normalized spacial score (nSPS) is 26.8. The van der Waals surface area contributed by atoms with E-state index in [9.17, 15) is 22.8 Å². The Morgan fingerprint density at radius 1 is 1.36 bits per heavy atom. The number of alkyl halides is 3. The molecule has 3 atom stereocenters. The van der Waals surface area contributed by atoms with Gasteiger partial charge in [0.05, 0.1) is 24.5 Å². The summed E-state index contributed by atoms with van der Waals surface area (Å²) >= 11 is 0. The number of carbonyl (C=O) groups excluding carboxylic acids is 1. The van der Waals surface area contributed by atoms with E-state index >= 15 is 0 Å². The van der Waals surface area contributed by atoms with Crippen molar-refractivity contribution in [3.8, 4) is 0 Å². The Morgan fingerprint density at radius 3 is 2.41 bits per heavy atom. The number of hydrogen-bond acceptors (Lipinski definition) is 3. The van der Waals surface area contributed by atoms with Crippen LogP contribution in [-0.2, 0) is 9.53 Å². The number of ether oxygens (including phenoxy) is 1. The molecule has 126 valence electrons. The number of methoxy groups -OCH3 is 1. The second-order valence-corrected chi connectivity index (χ2v) is 5.85. The van der Waals surface area contributed by atoms with Gasteiger partial charge in [-0.15, -0.1) is 0 Å². The fourth-order valence-corrected chi connectivity index (χ4v) is 2.78. The van der Waals surface area contributed by atoms with E-state index in [0.29, 0.717) is 0 Å². The van der Waals surface area contributed by atoms with E-state index in [4.69, 9.17) is 9.84 Å². The SMILES string of the molecule is COCC(NC(=O)N1C[C@@H](C(F)(F)F)[C@H](C(=O)O)C1)C1CC1. The maximum atomic E-state index is 12.9. The van der Waals surface area contributed by atoms with Crippen LogP contribution in [0.4, 0.5) is 18.0 Å². The molecule has 1 saturated carbocycles. The van der Waals surface area contributed by atoms with Crippen LogP contribution >= 0.6 is 0 Å². The first-order valence-electron chi connectivity index (χ1n) is 7.08. The summed E-state index contributed by atoms with van der Waals surface area (Å²) in [5, 5.41) is 11.6. The van der Waals surface area contributed by atoms with Crippen molar-refractivity contribution < 1.29 is 32.6 Å². The number of carbonyl (C=O) groups is 2. The Kier molecular flexibility index (Phi) is 4.84. The van der Waals surface area contributed by atoms with E-state index in [0.717, 1.165) is 17.7 Å². The van der Waals surface area contributed by atoms with Gasteiger partial charge in [-0.05, 0) is 18.8 Å². The molecule has 0 aromatic rings. The lowest BCUT2D eigenvalue weighted by atomic mass is 9.96. The molecule has 0 aromatic carbocycles. The standard InChI is InChI=1S/C13H19F3N2O4/c1-22-6-10(7-2-3-7)17-12(21)18-4-8(11(19)20)9(5-18)13(14,15)16/h7-10H,2-6H2,1H3,(H,17,21)(H,19,20)/t8-,9-,10?/m1/s1. The Morgan fingerprint density at radius 2 is 2.00 bits per heavy atom. The fourth-order valence-electron chi connectivity index (χ4n) is 2.78. The highest BCUT2D eigenvalue weighted by atomic mass is 19.4. The molecule has 2 rings (SSSR count).